The smallest absolute Gasteiger partial charge is 0.343 e. The molecule has 4 aromatic rings. The van der Waals surface area contributed by atoms with Crippen LogP contribution in [0.4, 0.5) is 5.69 Å². The summed E-state index contributed by atoms with van der Waals surface area (Å²) >= 11 is 0. The lowest BCUT2D eigenvalue weighted by molar-refractivity contribution is -0.119. The number of carbonyl (C=O) groups excluding carboxylic acids is 2. The molecule has 1 aliphatic rings. The Kier molecular flexibility index (Phi) is 6.84. The van der Waals surface area contributed by atoms with Gasteiger partial charge >= 0.3 is 5.97 Å². The third-order valence-corrected chi connectivity index (χ3v) is 5.63. The summed E-state index contributed by atoms with van der Waals surface area (Å²) < 4.78 is 21.4. The van der Waals surface area contributed by atoms with Crippen molar-refractivity contribution in [3.8, 4) is 23.0 Å². The average Bonchev–Trinajstić information content (AvgIpc) is 3.40. The fourth-order valence-corrected chi connectivity index (χ4v) is 3.80. The summed E-state index contributed by atoms with van der Waals surface area (Å²) in [4.78, 5) is 24.9. The number of fused-ring (bicyclic) bond motifs is 2. The van der Waals surface area contributed by atoms with Gasteiger partial charge in [-0.15, -0.1) is 0 Å². The van der Waals surface area contributed by atoms with Crippen molar-refractivity contribution in [1.82, 2.24) is 5.43 Å². The van der Waals surface area contributed by atoms with E-state index >= 15 is 0 Å². The van der Waals surface area contributed by atoms with E-state index < -0.39 is 5.97 Å². The zero-order valence-electron chi connectivity index (χ0n) is 19.9. The third kappa shape index (κ3) is 5.46. The number of ether oxygens (including phenoxy) is 4. The first-order chi connectivity index (χ1) is 18.1. The molecule has 1 aliphatic heterocycles. The first kappa shape index (κ1) is 23.7. The molecule has 0 spiro atoms. The Balaban J connectivity index is 1.17. The zero-order chi connectivity index (χ0) is 25.6. The molecule has 9 heteroatoms. The maximum absolute atomic E-state index is 12.6. The number of hydrazone groups is 1. The summed E-state index contributed by atoms with van der Waals surface area (Å²) in [6.07, 6.45) is 1.47. The highest BCUT2D eigenvalue weighted by Gasteiger charge is 2.18. The second kappa shape index (κ2) is 10.7. The third-order valence-electron chi connectivity index (χ3n) is 5.63. The van der Waals surface area contributed by atoms with Crippen LogP contribution in [0.1, 0.15) is 15.9 Å². The predicted octanol–water partition coefficient (Wildman–Crippen LogP) is 4.36. The Morgan fingerprint density at radius 1 is 0.946 bits per heavy atom. The van der Waals surface area contributed by atoms with Crippen molar-refractivity contribution in [1.29, 1.82) is 0 Å². The van der Waals surface area contributed by atoms with Gasteiger partial charge < -0.3 is 24.3 Å². The first-order valence-electron chi connectivity index (χ1n) is 11.4. The molecule has 2 N–H and O–H groups in total. The van der Waals surface area contributed by atoms with Crippen molar-refractivity contribution >= 4 is 34.6 Å². The molecule has 0 saturated carbocycles. The largest absolute Gasteiger partial charge is 0.493 e. The normalized spacial score (nSPS) is 11.9. The molecule has 1 heterocycles. The minimum absolute atomic E-state index is 0.0589. The number of anilines is 1. The summed E-state index contributed by atoms with van der Waals surface area (Å²) in [5, 5.41) is 9.27. The highest BCUT2D eigenvalue weighted by atomic mass is 16.7. The standard InChI is InChI=1S/C28H23N3O6/c1-34-25-13-18(9-11-24(25)37-28(33)20-10-12-23-26(14-20)36-17-35-23)15-30-31-27(32)16-29-22-8-4-6-19-5-2-3-7-21(19)22/h2-15,29H,16-17H2,1H3,(H,31,32)/b30-15-. The van der Waals surface area contributed by atoms with Gasteiger partial charge in [0, 0.05) is 11.1 Å². The van der Waals surface area contributed by atoms with Crippen LogP contribution in [0.15, 0.2) is 84.0 Å². The lowest BCUT2D eigenvalue weighted by Gasteiger charge is -2.10. The van der Waals surface area contributed by atoms with Crippen molar-refractivity contribution < 1.29 is 28.5 Å². The van der Waals surface area contributed by atoms with Gasteiger partial charge in [0.15, 0.2) is 23.0 Å². The van der Waals surface area contributed by atoms with Crippen LogP contribution in [0, 0.1) is 0 Å². The van der Waals surface area contributed by atoms with E-state index in [1.54, 1.807) is 36.4 Å². The van der Waals surface area contributed by atoms with Gasteiger partial charge in [0.05, 0.1) is 25.4 Å². The minimum atomic E-state index is -0.566. The maximum atomic E-state index is 12.6. The van der Waals surface area contributed by atoms with E-state index in [2.05, 4.69) is 15.8 Å². The van der Waals surface area contributed by atoms with E-state index in [1.807, 2.05) is 42.5 Å². The number of benzene rings is 4. The zero-order valence-corrected chi connectivity index (χ0v) is 19.9. The molecule has 0 aliphatic carbocycles. The predicted molar refractivity (Wildman–Crippen MR) is 139 cm³/mol. The van der Waals surface area contributed by atoms with Gasteiger partial charge in [-0.3, -0.25) is 4.79 Å². The molecule has 0 fully saturated rings. The average molecular weight is 498 g/mol. The number of carbonyl (C=O) groups is 2. The van der Waals surface area contributed by atoms with Crippen molar-refractivity contribution in [2.24, 2.45) is 5.10 Å². The van der Waals surface area contributed by atoms with Crippen LogP contribution in [0.5, 0.6) is 23.0 Å². The van der Waals surface area contributed by atoms with Gasteiger partial charge in [0.25, 0.3) is 5.91 Å². The highest BCUT2D eigenvalue weighted by molar-refractivity contribution is 5.95. The van der Waals surface area contributed by atoms with E-state index in [1.165, 1.54) is 13.3 Å². The fraction of sp³-hybridized carbons (Fsp3) is 0.107. The lowest BCUT2D eigenvalue weighted by atomic mass is 10.1. The molecule has 9 nitrogen and oxygen atoms in total. The van der Waals surface area contributed by atoms with Crippen LogP contribution in [0.3, 0.4) is 0 Å². The maximum Gasteiger partial charge on any atom is 0.343 e. The number of amides is 1. The molecular weight excluding hydrogens is 474 g/mol. The van der Waals surface area contributed by atoms with Crippen LogP contribution < -0.4 is 29.7 Å². The van der Waals surface area contributed by atoms with E-state index in [9.17, 15) is 9.59 Å². The summed E-state index contributed by atoms with van der Waals surface area (Å²) in [5.74, 6) is 0.776. The second-order valence-electron chi connectivity index (χ2n) is 8.04. The Labute approximate surface area is 212 Å². The van der Waals surface area contributed by atoms with Crippen LogP contribution in [-0.2, 0) is 4.79 Å². The van der Waals surface area contributed by atoms with Gasteiger partial charge in [0.1, 0.15) is 0 Å². The molecule has 186 valence electrons. The second-order valence-corrected chi connectivity index (χ2v) is 8.04. The van der Waals surface area contributed by atoms with Gasteiger partial charge in [-0.25, -0.2) is 10.2 Å². The quantitative estimate of drug-likeness (QED) is 0.161. The number of nitrogens with zero attached hydrogens (tertiary/aromatic N) is 1. The van der Waals surface area contributed by atoms with Crippen molar-refractivity contribution in [2.45, 2.75) is 0 Å². The van der Waals surface area contributed by atoms with Crippen LogP contribution in [0.2, 0.25) is 0 Å². The summed E-state index contributed by atoms with van der Waals surface area (Å²) in [6.45, 7) is 0.176. The molecule has 0 bridgehead atoms. The van der Waals surface area contributed by atoms with E-state index in [-0.39, 0.29) is 25.0 Å². The highest BCUT2D eigenvalue weighted by Crippen LogP contribution is 2.34. The van der Waals surface area contributed by atoms with Crippen molar-refractivity contribution in [3.63, 3.8) is 0 Å². The first-order valence-corrected chi connectivity index (χ1v) is 11.4. The SMILES string of the molecule is COc1cc(/C=N\NC(=O)CNc2cccc3ccccc23)ccc1OC(=O)c1ccc2c(c1)OCO2. The van der Waals surface area contributed by atoms with E-state index in [0.717, 1.165) is 16.5 Å². The van der Waals surface area contributed by atoms with Crippen LogP contribution in [0.25, 0.3) is 10.8 Å². The summed E-state index contributed by atoms with van der Waals surface area (Å²) in [7, 11) is 1.47. The Bertz CT molecular complexity index is 1500. The van der Waals surface area contributed by atoms with E-state index in [4.69, 9.17) is 18.9 Å². The number of rotatable bonds is 8. The van der Waals surface area contributed by atoms with Crippen molar-refractivity contribution in [3.05, 3.63) is 90.0 Å². The van der Waals surface area contributed by atoms with Gasteiger partial charge in [-0.1, -0.05) is 36.4 Å². The van der Waals surface area contributed by atoms with Gasteiger partial charge in [-0.2, -0.15) is 5.10 Å². The summed E-state index contributed by atoms with van der Waals surface area (Å²) in [5.41, 5.74) is 4.32. The molecule has 0 aromatic heterocycles. The molecule has 4 aromatic carbocycles. The molecule has 0 unspecified atom stereocenters. The molecule has 0 radical (unpaired) electrons. The molecule has 37 heavy (non-hydrogen) atoms. The number of hydrogen-bond acceptors (Lipinski definition) is 8. The lowest BCUT2D eigenvalue weighted by Crippen LogP contribution is -2.25. The Morgan fingerprint density at radius 3 is 2.68 bits per heavy atom. The van der Waals surface area contributed by atoms with Crippen LogP contribution >= 0.6 is 0 Å². The Morgan fingerprint density at radius 2 is 1.78 bits per heavy atom. The molecular formula is C28H23N3O6. The van der Waals surface area contributed by atoms with E-state index in [0.29, 0.717) is 28.4 Å². The molecule has 0 atom stereocenters. The summed E-state index contributed by atoms with van der Waals surface area (Å²) in [6, 6.07) is 23.6. The topological polar surface area (TPSA) is 107 Å². The number of methoxy groups -OCH3 is 1. The Hall–Kier alpha value is -5.05. The number of hydrogen-bond donors (Lipinski definition) is 2. The number of esters is 1. The molecule has 1 amide bonds. The minimum Gasteiger partial charge on any atom is -0.493 e. The van der Waals surface area contributed by atoms with Gasteiger partial charge in [-0.05, 0) is 53.4 Å². The monoisotopic (exact) mass is 497 g/mol. The van der Waals surface area contributed by atoms with Crippen molar-refractivity contribution in [2.75, 3.05) is 25.8 Å². The molecule has 5 rings (SSSR count). The number of nitrogens with one attached hydrogen (secondary N) is 2. The van der Waals surface area contributed by atoms with Crippen LogP contribution in [-0.4, -0.2) is 38.5 Å². The van der Waals surface area contributed by atoms with Gasteiger partial charge in [0.2, 0.25) is 6.79 Å². The molecule has 0 saturated heterocycles. The fourth-order valence-electron chi connectivity index (χ4n) is 3.80.